The number of imide groups is 1. The van der Waals surface area contributed by atoms with Crippen molar-refractivity contribution in [1.29, 1.82) is 0 Å². The summed E-state index contributed by atoms with van der Waals surface area (Å²) in [7, 11) is 1.39. The third kappa shape index (κ3) is 4.16. The first kappa shape index (κ1) is 17.1. The number of hydrogen-bond donors (Lipinski definition) is 1. The Bertz CT molecular complexity index is 672. The van der Waals surface area contributed by atoms with Gasteiger partial charge in [-0.05, 0) is 25.0 Å². The summed E-state index contributed by atoms with van der Waals surface area (Å²) in [4.78, 5) is 40.2. The molecular weight excluding hydrogens is 318 g/mol. The molecule has 1 N–H and O–H groups in total. The van der Waals surface area contributed by atoms with Crippen molar-refractivity contribution < 1.29 is 14.4 Å². The van der Waals surface area contributed by atoms with Gasteiger partial charge >= 0.3 is 6.03 Å². The second kappa shape index (κ2) is 7.37. The van der Waals surface area contributed by atoms with Crippen LogP contribution in [0, 0.1) is 5.92 Å². The first-order valence-corrected chi connectivity index (χ1v) is 7.64. The van der Waals surface area contributed by atoms with E-state index in [0.29, 0.717) is 23.7 Å². The summed E-state index contributed by atoms with van der Waals surface area (Å²) in [5.74, 6) is -1.02. The lowest BCUT2D eigenvalue weighted by Crippen LogP contribution is -2.43. The Hall–Kier alpha value is -2.21. The maximum atomic E-state index is 12.1. The van der Waals surface area contributed by atoms with E-state index in [1.54, 1.807) is 13.0 Å². The summed E-state index contributed by atoms with van der Waals surface area (Å²) < 4.78 is 0. The summed E-state index contributed by atoms with van der Waals surface area (Å²) in [5, 5.41) is 3.37. The van der Waals surface area contributed by atoms with E-state index in [1.807, 2.05) is 18.2 Å². The number of aliphatic imine (C=N–C) groups is 1. The minimum Gasteiger partial charge on any atom is -0.352 e. The van der Waals surface area contributed by atoms with Crippen LogP contribution in [0.2, 0.25) is 5.02 Å². The number of nitrogens with one attached hydrogen (secondary N) is 1. The molecule has 1 heterocycles. The summed E-state index contributed by atoms with van der Waals surface area (Å²) in [6, 6.07) is 6.70. The van der Waals surface area contributed by atoms with Crippen molar-refractivity contribution in [2.75, 3.05) is 7.05 Å². The van der Waals surface area contributed by atoms with Crippen LogP contribution in [-0.4, -0.2) is 35.5 Å². The van der Waals surface area contributed by atoms with Crippen molar-refractivity contribution >= 4 is 35.2 Å². The zero-order valence-corrected chi connectivity index (χ0v) is 13.8. The Morgan fingerprint density at radius 2 is 2.04 bits per heavy atom. The van der Waals surface area contributed by atoms with Gasteiger partial charge in [-0.2, -0.15) is 0 Å². The maximum absolute atomic E-state index is 12.1. The van der Waals surface area contributed by atoms with Crippen LogP contribution in [0.1, 0.15) is 25.3 Å². The molecule has 0 aliphatic carbocycles. The molecule has 1 aliphatic rings. The lowest BCUT2D eigenvalue weighted by atomic mass is 9.95. The number of urea groups is 1. The average molecular weight is 336 g/mol. The highest BCUT2D eigenvalue weighted by Crippen LogP contribution is 2.18. The van der Waals surface area contributed by atoms with Crippen molar-refractivity contribution in [3.63, 3.8) is 0 Å². The minimum atomic E-state index is -0.563. The van der Waals surface area contributed by atoms with E-state index in [4.69, 9.17) is 11.6 Å². The van der Waals surface area contributed by atoms with E-state index in [9.17, 15) is 14.4 Å². The van der Waals surface area contributed by atoms with Crippen molar-refractivity contribution in [3.8, 4) is 0 Å². The lowest BCUT2D eigenvalue weighted by Gasteiger charge is -2.25. The third-order valence-electron chi connectivity index (χ3n) is 3.79. The maximum Gasteiger partial charge on any atom is 0.349 e. The molecule has 122 valence electrons. The van der Waals surface area contributed by atoms with Gasteiger partial charge in [-0.25, -0.2) is 9.79 Å². The highest BCUT2D eigenvalue weighted by molar-refractivity contribution is 6.31. The highest BCUT2D eigenvalue weighted by atomic mass is 35.5. The zero-order chi connectivity index (χ0) is 17.0. The molecule has 1 aromatic rings. The van der Waals surface area contributed by atoms with Crippen LogP contribution < -0.4 is 5.32 Å². The molecule has 0 radical (unpaired) electrons. The number of hydrogen-bond acceptors (Lipinski definition) is 3. The Balaban J connectivity index is 1.87. The van der Waals surface area contributed by atoms with E-state index in [0.717, 1.165) is 10.5 Å². The molecule has 0 aromatic heterocycles. The molecule has 0 spiro atoms. The number of rotatable bonds is 5. The minimum absolute atomic E-state index is 0.176. The number of nitrogens with zero attached hydrogens (tertiary/aromatic N) is 2. The van der Waals surface area contributed by atoms with Crippen LogP contribution in [0.15, 0.2) is 29.3 Å². The van der Waals surface area contributed by atoms with Crippen molar-refractivity contribution in [2.45, 2.75) is 26.3 Å². The fourth-order valence-electron chi connectivity index (χ4n) is 2.34. The largest absolute Gasteiger partial charge is 0.352 e. The topological polar surface area (TPSA) is 78.8 Å². The highest BCUT2D eigenvalue weighted by Gasteiger charge is 2.33. The SMILES string of the molecule is CC1=NC(=O)N(C)C(=O)C1CCC(=O)NCc1ccccc1Cl. The molecule has 6 nitrogen and oxygen atoms in total. The van der Waals surface area contributed by atoms with Gasteiger partial charge in [0, 0.05) is 30.7 Å². The van der Waals surface area contributed by atoms with Gasteiger partial charge in [-0.3, -0.25) is 14.5 Å². The van der Waals surface area contributed by atoms with Crippen LogP contribution in [0.3, 0.4) is 0 Å². The molecule has 2 rings (SSSR count). The predicted molar refractivity (Wildman–Crippen MR) is 87.3 cm³/mol. The van der Waals surface area contributed by atoms with Crippen molar-refractivity contribution in [3.05, 3.63) is 34.9 Å². The summed E-state index contributed by atoms with van der Waals surface area (Å²) >= 11 is 6.03. The molecule has 4 amide bonds. The van der Waals surface area contributed by atoms with E-state index < -0.39 is 11.9 Å². The smallest absolute Gasteiger partial charge is 0.349 e. The van der Waals surface area contributed by atoms with Crippen molar-refractivity contribution in [1.82, 2.24) is 10.2 Å². The molecule has 0 fully saturated rings. The predicted octanol–water partition coefficient (Wildman–Crippen LogP) is 2.41. The van der Waals surface area contributed by atoms with Gasteiger partial charge in [-0.1, -0.05) is 29.8 Å². The summed E-state index contributed by atoms with van der Waals surface area (Å²) in [6.07, 6.45) is 0.496. The van der Waals surface area contributed by atoms with Crippen LogP contribution >= 0.6 is 11.6 Å². The Kier molecular flexibility index (Phi) is 5.50. The Morgan fingerprint density at radius 1 is 1.35 bits per heavy atom. The Labute approximate surface area is 139 Å². The van der Waals surface area contributed by atoms with E-state index in [1.165, 1.54) is 7.05 Å². The monoisotopic (exact) mass is 335 g/mol. The van der Waals surface area contributed by atoms with Crippen LogP contribution in [0.4, 0.5) is 4.79 Å². The van der Waals surface area contributed by atoms with Crippen LogP contribution in [0.25, 0.3) is 0 Å². The zero-order valence-electron chi connectivity index (χ0n) is 13.0. The van der Waals surface area contributed by atoms with Crippen LogP contribution in [0.5, 0.6) is 0 Å². The van der Waals surface area contributed by atoms with E-state index in [2.05, 4.69) is 10.3 Å². The van der Waals surface area contributed by atoms with Gasteiger partial charge in [0.15, 0.2) is 0 Å². The third-order valence-corrected chi connectivity index (χ3v) is 4.15. The number of amides is 4. The molecule has 7 heteroatoms. The van der Waals surface area contributed by atoms with Gasteiger partial charge in [0.2, 0.25) is 11.8 Å². The molecule has 0 saturated heterocycles. The molecule has 1 aliphatic heterocycles. The van der Waals surface area contributed by atoms with Gasteiger partial charge < -0.3 is 5.32 Å². The van der Waals surface area contributed by atoms with Gasteiger partial charge in [0.25, 0.3) is 0 Å². The first-order valence-electron chi connectivity index (χ1n) is 7.27. The van der Waals surface area contributed by atoms with Gasteiger partial charge in [-0.15, -0.1) is 0 Å². The van der Waals surface area contributed by atoms with Gasteiger partial charge in [0.05, 0.1) is 5.92 Å². The van der Waals surface area contributed by atoms with Gasteiger partial charge in [0.1, 0.15) is 0 Å². The van der Waals surface area contributed by atoms with Crippen LogP contribution in [-0.2, 0) is 16.1 Å². The first-order chi connectivity index (χ1) is 10.9. The molecule has 1 unspecified atom stereocenters. The fraction of sp³-hybridized carbons (Fsp3) is 0.375. The summed E-state index contributed by atoms with van der Waals surface area (Å²) in [6.45, 7) is 1.97. The standard InChI is InChI=1S/C16H18ClN3O3/c1-10-12(15(22)20(2)16(23)19-10)7-8-14(21)18-9-11-5-3-4-6-13(11)17/h3-6,12H,7-9H2,1-2H3,(H,18,21). The molecular formula is C16H18ClN3O3. The number of carbonyl (C=O) groups excluding carboxylic acids is 3. The quantitative estimate of drug-likeness (QED) is 0.897. The number of halogens is 1. The average Bonchev–Trinajstić information content (AvgIpc) is 2.52. The number of carbonyl (C=O) groups is 3. The van der Waals surface area contributed by atoms with Crippen molar-refractivity contribution in [2.24, 2.45) is 10.9 Å². The second-order valence-electron chi connectivity index (χ2n) is 5.39. The molecule has 0 saturated carbocycles. The molecule has 1 aromatic carbocycles. The molecule has 1 atom stereocenters. The number of benzene rings is 1. The van der Waals surface area contributed by atoms with E-state index in [-0.39, 0.29) is 18.2 Å². The normalized spacial score (nSPS) is 18.0. The lowest BCUT2D eigenvalue weighted by molar-refractivity contribution is -0.130. The second-order valence-corrected chi connectivity index (χ2v) is 5.80. The molecule has 0 bridgehead atoms. The fourth-order valence-corrected chi connectivity index (χ4v) is 2.54. The summed E-state index contributed by atoms with van der Waals surface area (Å²) in [5.41, 5.74) is 1.29. The molecule has 23 heavy (non-hydrogen) atoms. The Morgan fingerprint density at radius 3 is 2.74 bits per heavy atom. The van der Waals surface area contributed by atoms with E-state index >= 15 is 0 Å².